The largest absolute Gasteiger partial charge is 0.490 e. The zero-order valence-corrected chi connectivity index (χ0v) is 23.0. The number of hydrogen-bond acceptors (Lipinski definition) is 5. The van der Waals surface area contributed by atoms with E-state index in [1.165, 1.54) is 12.1 Å². The Kier molecular flexibility index (Phi) is 8.44. The van der Waals surface area contributed by atoms with Gasteiger partial charge < -0.3 is 9.47 Å². The molecule has 0 spiro atoms. The first-order chi connectivity index (χ1) is 17.7. The molecule has 4 amide bonds. The van der Waals surface area contributed by atoms with Gasteiger partial charge >= 0.3 is 6.03 Å². The number of imide groups is 2. The van der Waals surface area contributed by atoms with Gasteiger partial charge in [0, 0.05) is 15.6 Å². The highest BCUT2D eigenvalue weighted by atomic mass is 79.9. The van der Waals surface area contributed by atoms with E-state index in [0.29, 0.717) is 38.2 Å². The van der Waals surface area contributed by atoms with E-state index in [2.05, 4.69) is 21.2 Å². The van der Waals surface area contributed by atoms with Gasteiger partial charge in [-0.15, -0.1) is 0 Å². The van der Waals surface area contributed by atoms with E-state index in [-0.39, 0.29) is 22.9 Å². The molecular weight excluding hydrogens is 607 g/mol. The van der Waals surface area contributed by atoms with Crippen molar-refractivity contribution >= 4 is 80.3 Å². The average molecular weight is 625 g/mol. The maximum Gasteiger partial charge on any atom is 0.335 e. The van der Waals surface area contributed by atoms with Gasteiger partial charge in [-0.25, -0.2) is 9.69 Å². The summed E-state index contributed by atoms with van der Waals surface area (Å²) in [6.45, 7) is 2.29. The molecule has 0 unspecified atom stereocenters. The van der Waals surface area contributed by atoms with Crippen LogP contribution in [0.2, 0.25) is 15.1 Å². The van der Waals surface area contributed by atoms with Crippen molar-refractivity contribution in [1.82, 2.24) is 5.32 Å². The maximum atomic E-state index is 13.2. The molecule has 0 aromatic heterocycles. The highest BCUT2D eigenvalue weighted by Gasteiger charge is 2.37. The van der Waals surface area contributed by atoms with Crippen molar-refractivity contribution in [3.05, 3.63) is 90.8 Å². The van der Waals surface area contributed by atoms with Gasteiger partial charge in [0.25, 0.3) is 11.8 Å². The number of urea groups is 1. The highest BCUT2D eigenvalue weighted by molar-refractivity contribution is 9.10. The second-order valence-corrected chi connectivity index (χ2v) is 9.80. The van der Waals surface area contributed by atoms with Crippen LogP contribution < -0.4 is 19.7 Å². The number of carbonyl (C=O) groups is 3. The van der Waals surface area contributed by atoms with Crippen LogP contribution in [0.3, 0.4) is 0 Å². The number of rotatable bonds is 7. The molecule has 1 aliphatic heterocycles. The third-order valence-corrected chi connectivity index (χ3v) is 6.72. The van der Waals surface area contributed by atoms with E-state index in [1.807, 2.05) is 6.92 Å². The van der Waals surface area contributed by atoms with Crippen LogP contribution >= 0.6 is 50.7 Å². The normalized spacial score (nSPS) is 14.7. The third-order valence-electron chi connectivity index (χ3n) is 5.22. The fraction of sp³-hybridized carbons (Fsp3) is 0.115. The van der Waals surface area contributed by atoms with Crippen LogP contribution in [0.5, 0.6) is 11.5 Å². The molecule has 3 aromatic carbocycles. The Hall–Kier alpha value is -3.04. The lowest BCUT2D eigenvalue weighted by Crippen LogP contribution is -2.54. The zero-order valence-electron chi connectivity index (χ0n) is 19.2. The van der Waals surface area contributed by atoms with E-state index in [4.69, 9.17) is 44.3 Å². The topological polar surface area (TPSA) is 84.9 Å². The van der Waals surface area contributed by atoms with Gasteiger partial charge in [-0.1, -0.05) is 53.0 Å². The third kappa shape index (κ3) is 5.93. The fourth-order valence-corrected chi connectivity index (χ4v) is 4.80. The molecule has 7 nitrogen and oxygen atoms in total. The molecule has 0 atom stereocenters. The lowest BCUT2D eigenvalue weighted by Gasteiger charge is -2.27. The van der Waals surface area contributed by atoms with Crippen molar-refractivity contribution in [3.63, 3.8) is 0 Å². The quantitative estimate of drug-likeness (QED) is 0.225. The molecular formula is C26H18BrCl3N2O5. The molecule has 4 rings (SSSR count). The number of anilines is 1. The molecule has 1 heterocycles. The van der Waals surface area contributed by atoms with Crippen LogP contribution in [-0.2, 0) is 16.2 Å². The van der Waals surface area contributed by atoms with E-state index in [9.17, 15) is 14.4 Å². The number of ether oxygens (including phenoxy) is 2. The van der Waals surface area contributed by atoms with Crippen molar-refractivity contribution in [2.75, 3.05) is 11.5 Å². The fourth-order valence-electron chi connectivity index (χ4n) is 3.54. The van der Waals surface area contributed by atoms with E-state index < -0.39 is 17.8 Å². The van der Waals surface area contributed by atoms with Crippen molar-refractivity contribution in [2.45, 2.75) is 13.5 Å². The molecule has 1 N–H and O–H groups in total. The molecule has 0 saturated carbocycles. The Bertz CT molecular complexity index is 1440. The highest BCUT2D eigenvalue weighted by Crippen LogP contribution is 2.39. The van der Waals surface area contributed by atoms with Crippen molar-refractivity contribution in [2.24, 2.45) is 0 Å². The minimum Gasteiger partial charge on any atom is -0.490 e. The number of carbonyl (C=O) groups excluding carboxylic acids is 3. The summed E-state index contributed by atoms with van der Waals surface area (Å²) in [6, 6.07) is 13.8. The van der Waals surface area contributed by atoms with Crippen LogP contribution in [0.4, 0.5) is 10.5 Å². The summed E-state index contributed by atoms with van der Waals surface area (Å²) in [5, 5.41) is 3.34. The Morgan fingerprint density at radius 3 is 2.43 bits per heavy atom. The molecule has 190 valence electrons. The SMILES string of the molecule is CCOc1cc(/C=C2\C(=O)NC(=O)N(c3ccccc3Cl)C2=O)cc(Br)c1OCc1ccc(Cl)cc1Cl. The number of amides is 4. The molecule has 0 radical (unpaired) electrons. The number of halogens is 4. The van der Waals surface area contributed by atoms with E-state index >= 15 is 0 Å². The molecule has 0 aliphatic carbocycles. The molecule has 37 heavy (non-hydrogen) atoms. The van der Waals surface area contributed by atoms with Gasteiger partial charge in [0.15, 0.2) is 11.5 Å². The molecule has 0 bridgehead atoms. The molecule has 3 aromatic rings. The smallest absolute Gasteiger partial charge is 0.335 e. The summed E-state index contributed by atoms with van der Waals surface area (Å²) in [7, 11) is 0. The summed E-state index contributed by atoms with van der Waals surface area (Å²) in [6.07, 6.45) is 1.36. The Labute approximate surface area is 236 Å². The summed E-state index contributed by atoms with van der Waals surface area (Å²) >= 11 is 21.9. The Balaban J connectivity index is 1.67. The Morgan fingerprint density at radius 1 is 0.973 bits per heavy atom. The van der Waals surface area contributed by atoms with Gasteiger partial charge in [-0.2, -0.15) is 0 Å². The number of barbiturate groups is 1. The lowest BCUT2D eigenvalue weighted by molar-refractivity contribution is -0.122. The van der Waals surface area contributed by atoms with Crippen LogP contribution in [0, 0.1) is 0 Å². The summed E-state index contributed by atoms with van der Waals surface area (Å²) in [5.41, 5.74) is 1.08. The lowest BCUT2D eigenvalue weighted by atomic mass is 10.1. The molecule has 11 heteroatoms. The first-order valence-electron chi connectivity index (χ1n) is 10.9. The second-order valence-electron chi connectivity index (χ2n) is 7.70. The summed E-state index contributed by atoms with van der Waals surface area (Å²) in [5.74, 6) is -0.863. The van der Waals surface area contributed by atoms with Gasteiger partial charge in [-0.3, -0.25) is 14.9 Å². The van der Waals surface area contributed by atoms with Gasteiger partial charge in [-0.05, 0) is 70.9 Å². The van der Waals surface area contributed by atoms with E-state index in [1.54, 1.807) is 48.5 Å². The standard InChI is InChI=1S/C26H18BrCl3N2O5/c1-2-36-22-11-14(10-18(27)23(22)37-13-15-7-8-16(28)12-20(15)30)9-17-24(33)31-26(35)32(25(17)34)21-6-4-3-5-19(21)29/h3-12H,2,13H2,1H3,(H,31,33,35)/b17-9+. The average Bonchev–Trinajstić information content (AvgIpc) is 2.83. The summed E-state index contributed by atoms with van der Waals surface area (Å²) in [4.78, 5) is 39.1. The number of nitrogens with zero attached hydrogens (tertiary/aromatic N) is 1. The van der Waals surface area contributed by atoms with Gasteiger partial charge in [0.1, 0.15) is 12.2 Å². The number of para-hydroxylation sites is 1. The predicted octanol–water partition coefficient (Wildman–Crippen LogP) is 7.05. The van der Waals surface area contributed by atoms with Crippen LogP contribution in [0.25, 0.3) is 6.08 Å². The van der Waals surface area contributed by atoms with Crippen molar-refractivity contribution in [3.8, 4) is 11.5 Å². The van der Waals surface area contributed by atoms with Crippen LogP contribution in [0.1, 0.15) is 18.1 Å². The van der Waals surface area contributed by atoms with E-state index in [0.717, 1.165) is 10.5 Å². The van der Waals surface area contributed by atoms with Crippen LogP contribution in [-0.4, -0.2) is 24.5 Å². The maximum absolute atomic E-state index is 13.2. The first kappa shape index (κ1) is 27.0. The summed E-state index contributed by atoms with van der Waals surface area (Å²) < 4.78 is 12.3. The minimum atomic E-state index is -0.888. The molecule has 1 fully saturated rings. The first-order valence-corrected chi connectivity index (χ1v) is 12.8. The van der Waals surface area contributed by atoms with Gasteiger partial charge in [0.2, 0.25) is 0 Å². The number of nitrogens with one attached hydrogen (secondary N) is 1. The second kappa shape index (κ2) is 11.6. The molecule has 1 saturated heterocycles. The monoisotopic (exact) mass is 622 g/mol. The molecule has 1 aliphatic rings. The number of benzene rings is 3. The Morgan fingerprint density at radius 2 is 1.73 bits per heavy atom. The zero-order chi connectivity index (χ0) is 26.7. The van der Waals surface area contributed by atoms with Crippen LogP contribution in [0.15, 0.2) is 64.6 Å². The van der Waals surface area contributed by atoms with Crippen molar-refractivity contribution < 1.29 is 23.9 Å². The van der Waals surface area contributed by atoms with Crippen molar-refractivity contribution in [1.29, 1.82) is 0 Å². The minimum absolute atomic E-state index is 0.144. The predicted molar refractivity (Wildman–Crippen MR) is 147 cm³/mol. The number of hydrogen-bond donors (Lipinski definition) is 1. The van der Waals surface area contributed by atoms with Gasteiger partial charge in [0.05, 0.1) is 21.8 Å².